The van der Waals surface area contributed by atoms with Gasteiger partial charge in [0.2, 0.25) is 0 Å². The first-order chi connectivity index (χ1) is 13.1. The predicted molar refractivity (Wildman–Crippen MR) is 113 cm³/mol. The number of nitrogens with one attached hydrogen (secondary N) is 1. The van der Waals surface area contributed by atoms with Gasteiger partial charge in [-0.15, -0.1) is 0 Å². The van der Waals surface area contributed by atoms with Gasteiger partial charge in [-0.3, -0.25) is 0 Å². The molecule has 0 saturated carbocycles. The highest BCUT2D eigenvalue weighted by molar-refractivity contribution is 6.37. The zero-order valence-electron chi connectivity index (χ0n) is 15.5. The molecule has 1 N–H and O–H groups in total. The quantitative estimate of drug-likeness (QED) is 0.458. The van der Waals surface area contributed by atoms with Crippen LogP contribution in [0.1, 0.15) is 6.42 Å². The van der Waals surface area contributed by atoms with Crippen LogP contribution in [0.25, 0.3) is 33.1 Å². The van der Waals surface area contributed by atoms with E-state index < -0.39 is 0 Å². The fourth-order valence-electron chi connectivity index (χ4n) is 3.27. The Hall–Kier alpha value is -2.56. The second-order valence-electron chi connectivity index (χ2n) is 6.93. The van der Waals surface area contributed by atoms with E-state index in [2.05, 4.69) is 59.3 Å². The van der Waals surface area contributed by atoms with Crippen molar-refractivity contribution in [3.63, 3.8) is 0 Å². The minimum Gasteiger partial charge on any atom is -0.494 e. The molecule has 0 radical (unpaired) electrons. The number of H-pyrrole nitrogens is 1. The first kappa shape index (κ1) is 17.8. The molecule has 0 saturated heterocycles. The van der Waals surface area contributed by atoms with Gasteiger partial charge in [0.25, 0.3) is 0 Å². The number of hydrogen-bond acceptors (Lipinski definition) is 3. The number of aromatic nitrogens is 2. The van der Waals surface area contributed by atoms with Crippen LogP contribution in [0.4, 0.5) is 0 Å². The van der Waals surface area contributed by atoms with Crippen LogP contribution in [0.5, 0.6) is 5.75 Å². The van der Waals surface area contributed by atoms with E-state index in [-0.39, 0.29) is 0 Å². The fourth-order valence-corrected chi connectivity index (χ4v) is 3.52. The summed E-state index contributed by atoms with van der Waals surface area (Å²) in [5.41, 5.74) is 4.14. The molecule has 2 aromatic heterocycles. The maximum atomic E-state index is 6.40. The molecular weight excluding hydrogens is 358 g/mol. The zero-order chi connectivity index (χ0) is 18.8. The lowest BCUT2D eigenvalue weighted by Gasteiger charge is -2.11. The number of ether oxygens (including phenoxy) is 1. The van der Waals surface area contributed by atoms with Crippen LogP contribution >= 0.6 is 11.6 Å². The fraction of sp³-hybridized carbons (Fsp3) is 0.227. The normalized spacial score (nSPS) is 11.6. The van der Waals surface area contributed by atoms with Crippen molar-refractivity contribution in [2.75, 3.05) is 27.2 Å². The number of nitrogens with zero attached hydrogens (tertiary/aromatic N) is 2. The lowest BCUT2D eigenvalue weighted by atomic mass is 10.0. The molecule has 0 spiro atoms. The Morgan fingerprint density at radius 3 is 2.59 bits per heavy atom. The predicted octanol–water partition coefficient (Wildman–Crippen LogP) is 5.37. The summed E-state index contributed by atoms with van der Waals surface area (Å²) < 4.78 is 5.82. The summed E-state index contributed by atoms with van der Waals surface area (Å²) in [4.78, 5) is 9.87. The van der Waals surface area contributed by atoms with Crippen molar-refractivity contribution >= 4 is 33.5 Å². The minimum atomic E-state index is 0.713. The number of rotatable bonds is 6. The van der Waals surface area contributed by atoms with Crippen molar-refractivity contribution in [1.29, 1.82) is 0 Å². The molecular formula is C22H22ClN3O. The van der Waals surface area contributed by atoms with Gasteiger partial charge in [-0.1, -0.05) is 29.8 Å². The Morgan fingerprint density at radius 1 is 1.04 bits per heavy atom. The molecule has 0 aliphatic heterocycles. The minimum absolute atomic E-state index is 0.713. The molecule has 0 fully saturated rings. The highest BCUT2D eigenvalue weighted by Crippen LogP contribution is 2.33. The second-order valence-corrected chi connectivity index (χ2v) is 7.34. The van der Waals surface area contributed by atoms with E-state index >= 15 is 0 Å². The first-order valence-electron chi connectivity index (χ1n) is 9.06. The van der Waals surface area contributed by atoms with Crippen molar-refractivity contribution in [3.05, 3.63) is 59.8 Å². The van der Waals surface area contributed by atoms with Gasteiger partial charge in [-0.2, -0.15) is 0 Å². The summed E-state index contributed by atoms with van der Waals surface area (Å²) >= 11 is 6.40. The number of benzene rings is 2. The van der Waals surface area contributed by atoms with E-state index in [4.69, 9.17) is 16.3 Å². The van der Waals surface area contributed by atoms with Gasteiger partial charge in [-0.05, 0) is 62.0 Å². The standard InChI is InChI=1S/C22H22ClN3O/c1-26(2)12-3-13-27-17-7-4-15(5-8-17)16-6-9-20-18(14-16)21-19(23)10-11-24-22(21)25-20/h4-11,14H,3,12-13H2,1-2H3,(H,24,25). The van der Waals surface area contributed by atoms with Crippen LogP contribution in [0.15, 0.2) is 54.7 Å². The van der Waals surface area contributed by atoms with Crippen molar-refractivity contribution in [2.24, 2.45) is 0 Å². The van der Waals surface area contributed by atoms with Crippen LogP contribution in [0.3, 0.4) is 0 Å². The summed E-state index contributed by atoms with van der Waals surface area (Å²) in [6.45, 7) is 1.75. The number of hydrogen-bond donors (Lipinski definition) is 1. The lowest BCUT2D eigenvalue weighted by molar-refractivity contribution is 0.281. The third kappa shape index (κ3) is 3.77. The van der Waals surface area contributed by atoms with E-state index in [9.17, 15) is 0 Å². The molecule has 4 nitrogen and oxygen atoms in total. The van der Waals surface area contributed by atoms with E-state index in [1.807, 2.05) is 18.2 Å². The Kier molecular flexibility index (Phi) is 5.01. The Bertz CT molecular complexity index is 1070. The molecule has 0 aliphatic carbocycles. The molecule has 0 aliphatic rings. The molecule has 0 atom stereocenters. The SMILES string of the molecule is CN(C)CCCOc1ccc(-c2ccc3[nH]c4nccc(Cl)c4c3c2)cc1. The van der Waals surface area contributed by atoms with E-state index in [0.29, 0.717) is 5.02 Å². The zero-order valence-corrected chi connectivity index (χ0v) is 16.3. The summed E-state index contributed by atoms with van der Waals surface area (Å²) in [6, 6.07) is 16.4. The maximum absolute atomic E-state index is 6.40. The topological polar surface area (TPSA) is 41.1 Å². The highest BCUT2D eigenvalue weighted by Gasteiger charge is 2.10. The maximum Gasteiger partial charge on any atom is 0.139 e. The van der Waals surface area contributed by atoms with Gasteiger partial charge in [0.1, 0.15) is 11.4 Å². The third-order valence-corrected chi connectivity index (χ3v) is 4.96. The van der Waals surface area contributed by atoms with E-state index in [1.54, 1.807) is 6.20 Å². The van der Waals surface area contributed by atoms with Gasteiger partial charge >= 0.3 is 0 Å². The molecule has 4 rings (SSSR count). The van der Waals surface area contributed by atoms with Crippen LogP contribution in [0.2, 0.25) is 5.02 Å². The second kappa shape index (κ2) is 7.59. The highest BCUT2D eigenvalue weighted by atomic mass is 35.5. The Labute approximate surface area is 163 Å². The van der Waals surface area contributed by atoms with Crippen LogP contribution in [0, 0.1) is 0 Å². The van der Waals surface area contributed by atoms with E-state index in [0.717, 1.165) is 58.4 Å². The molecule has 138 valence electrons. The van der Waals surface area contributed by atoms with Gasteiger partial charge in [0.15, 0.2) is 0 Å². The third-order valence-electron chi connectivity index (χ3n) is 4.65. The van der Waals surface area contributed by atoms with Crippen molar-refractivity contribution in [1.82, 2.24) is 14.9 Å². The number of pyridine rings is 1. The van der Waals surface area contributed by atoms with E-state index in [1.165, 1.54) is 0 Å². The summed E-state index contributed by atoms with van der Waals surface area (Å²) in [5, 5.41) is 2.77. The average Bonchev–Trinajstić information content (AvgIpc) is 3.04. The van der Waals surface area contributed by atoms with Gasteiger partial charge in [0, 0.05) is 29.0 Å². The van der Waals surface area contributed by atoms with Gasteiger partial charge in [0.05, 0.1) is 11.6 Å². The Morgan fingerprint density at radius 2 is 1.81 bits per heavy atom. The van der Waals surface area contributed by atoms with Gasteiger partial charge < -0.3 is 14.6 Å². The molecule has 4 aromatic rings. The van der Waals surface area contributed by atoms with Crippen molar-refractivity contribution < 1.29 is 4.74 Å². The Balaban J connectivity index is 1.58. The molecule has 2 heterocycles. The van der Waals surface area contributed by atoms with Gasteiger partial charge in [-0.25, -0.2) is 4.98 Å². The number of fused-ring (bicyclic) bond motifs is 3. The number of halogens is 1. The van der Waals surface area contributed by atoms with Crippen molar-refractivity contribution in [3.8, 4) is 16.9 Å². The molecule has 2 aromatic carbocycles. The average molecular weight is 380 g/mol. The summed E-state index contributed by atoms with van der Waals surface area (Å²) in [7, 11) is 4.14. The molecule has 5 heteroatoms. The monoisotopic (exact) mass is 379 g/mol. The van der Waals surface area contributed by atoms with Crippen LogP contribution in [-0.4, -0.2) is 42.1 Å². The molecule has 0 unspecified atom stereocenters. The number of aromatic amines is 1. The summed E-state index contributed by atoms with van der Waals surface area (Å²) in [5.74, 6) is 0.901. The van der Waals surface area contributed by atoms with Crippen molar-refractivity contribution in [2.45, 2.75) is 6.42 Å². The molecule has 27 heavy (non-hydrogen) atoms. The molecule has 0 bridgehead atoms. The molecule has 0 amide bonds. The summed E-state index contributed by atoms with van der Waals surface area (Å²) in [6.07, 6.45) is 2.74. The lowest BCUT2D eigenvalue weighted by Crippen LogP contribution is -2.15. The largest absolute Gasteiger partial charge is 0.494 e. The van der Waals surface area contributed by atoms with Crippen LogP contribution in [-0.2, 0) is 0 Å². The smallest absolute Gasteiger partial charge is 0.139 e. The van der Waals surface area contributed by atoms with Crippen LogP contribution < -0.4 is 4.74 Å². The first-order valence-corrected chi connectivity index (χ1v) is 9.43.